The van der Waals surface area contributed by atoms with Crippen LogP contribution in [-0.4, -0.2) is 16.8 Å². The number of carboxylic acid groups (broad SMARTS) is 1. The average Bonchev–Trinajstić information content (AvgIpc) is 2.46. The molecule has 2 N–H and O–H groups in total. The van der Waals surface area contributed by atoms with Crippen LogP contribution in [0.3, 0.4) is 0 Å². The molecule has 0 unspecified atom stereocenters. The number of nitrogens with one attached hydrogen (secondary N) is 1. The van der Waals surface area contributed by atoms with Crippen molar-refractivity contribution in [2.24, 2.45) is 5.10 Å². The number of benzene rings is 2. The Morgan fingerprint density at radius 2 is 2.00 bits per heavy atom. The molecule has 2 rings (SSSR count). The second-order valence-corrected chi connectivity index (χ2v) is 4.70. The Morgan fingerprint density at radius 3 is 2.67 bits per heavy atom. The molecule has 0 saturated heterocycles. The van der Waals surface area contributed by atoms with E-state index in [-0.39, 0.29) is 11.4 Å². The zero-order valence-electron chi connectivity index (χ0n) is 11.1. The normalized spacial score (nSPS) is 11.3. The van der Waals surface area contributed by atoms with Crippen LogP contribution in [0.4, 0.5) is 10.1 Å². The summed E-state index contributed by atoms with van der Waals surface area (Å²) in [6, 6.07) is 10.5. The third-order valence-electron chi connectivity index (χ3n) is 2.82. The zero-order valence-corrected chi connectivity index (χ0v) is 11.9. The van der Waals surface area contributed by atoms with Gasteiger partial charge in [-0.2, -0.15) is 5.10 Å². The number of carboxylic acids is 1. The first-order valence-corrected chi connectivity index (χ1v) is 6.45. The van der Waals surface area contributed by atoms with E-state index >= 15 is 0 Å². The van der Waals surface area contributed by atoms with Crippen molar-refractivity contribution in [1.82, 2.24) is 0 Å². The van der Waals surface area contributed by atoms with E-state index in [2.05, 4.69) is 10.5 Å². The maximum atomic E-state index is 13.6. The lowest BCUT2D eigenvalue weighted by Gasteiger charge is -2.07. The summed E-state index contributed by atoms with van der Waals surface area (Å²) in [4.78, 5) is 10.9. The predicted octanol–water partition coefficient (Wildman–Crippen LogP) is 4.01. The van der Waals surface area contributed by atoms with Gasteiger partial charge in [-0.15, -0.1) is 0 Å². The summed E-state index contributed by atoms with van der Waals surface area (Å²) in [6.07, 6.45) is 0. The number of carbonyl (C=O) groups is 1. The van der Waals surface area contributed by atoms with Gasteiger partial charge in [0.1, 0.15) is 5.82 Å². The van der Waals surface area contributed by atoms with Crippen molar-refractivity contribution < 1.29 is 14.3 Å². The Kier molecular flexibility index (Phi) is 4.55. The molecule has 0 radical (unpaired) electrons. The molecule has 4 nitrogen and oxygen atoms in total. The third kappa shape index (κ3) is 3.58. The molecule has 0 spiro atoms. The van der Waals surface area contributed by atoms with Gasteiger partial charge in [-0.3, -0.25) is 5.43 Å². The number of nitrogens with zero attached hydrogens (tertiary/aromatic N) is 1. The molecule has 0 aliphatic carbocycles. The van der Waals surface area contributed by atoms with Gasteiger partial charge >= 0.3 is 5.97 Å². The molecule has 0 aliphatic rings. The van der Waals surface area contributed by atoms with Gasteiger partial charge < -0.3 is 5.11 Å². The van der Waals surface area contributed by atoms with Crippen LogP contribution in [0.15, 0.2) is 47.6 Å². The number of hydrazone groups is 1. The molecule has 108 valence electrons. The van der Waals surface area contributed by atoms with E-state index in [4.69, 9.17) is 16.7 Å². The second-order valence-electron chi connectivity index (χ2n) is 4.29. The van der Waals surface area contributed by atoms with Crippen molar-refractivity contribution >= 4 is 29.0 Å². The van der Waals surface area contributed by atoms with Gasteiger partial charge in [0.05, 0.1) is 22.0 Å². The quantitative estimate of drug-likeness (QED) is 0.662. The van der Waals surface area contributed by atoms with Gasteiger partial charge in [0.2, 0.25) is 0 Å². The molecule has 0 saturated carbocycles. The summed E-state index contributed by atoms with van der Waals surface area (Å²) in [5, 5.41) is 13.3. The molecular weight excluding hydrogens is 295 g/mol. The summed E-state index contributed by atoms with van der Waals surface area (Å²) in [7, 11) is 0. The lowest BCUT2D eigenvalue weighted by Crippen LogP contribution is -2.03. The van der Waals surface area contributed by atoms with Crippen LogP contribution >= 0.6 is 11.6 Å². The zero-order chi connectivity index (χ0) is 15.4. The first kappa shape index (κ1) is 15.0. The van der Waals surface area contributed by atoms with Gasteiger partial charge in [0.25, 0.3) is 0 Å². The van der Waals surface area contributed by atoms with Crippen LogP contribution in [0.5, 0.6) is 0 Å². The molecule has 2 aromatic carbocycles. The monoisotopic (exact) mass is 306 g/mol. The van der Waals surface area contributed by atoms with Crippen LogP contribution in [0.1, 0.15) is 22.8 Å². The fourth-order valence-corrected chi connectivity index (χ4v) is 1.86. The maximum absolute atomic E-state index is 13.6. The lowest BCUT2D eigenvalue weighted by molar-refractivity contribution is 0.0697. The van der Waals surface area contributed by atoms with Crippen molar-refractivity contribution in [1.29, 1.82) is 0 Å². The van der Waals surface area contributed by atoms with Crippen molar-refractivity contribution in [3.05, 3.63) is 64.4 Å². The highest BCUT2D eigenvalue weighted by Gasteiger charge is 2.08. The summed E-state index contributed by atoms with van der Waals surface area (Å²) in [5.41, 5.74) is 3.86. The van der Waals surface area contributed by atoms with E-state index in [1.807, 2.05) is 0 Å². The molecule has 0 aliphatic heterocycles. The van der Waals surface area contributed by atoms with Crippen LogP contribution in [-0.2, 0) is 0 Å². The summed E-state index contributed by atoms with van der Waals surface area (Å²) in [6.45, 7) is 1.64. The summed E-state index contributed by atoms with van der Waals surface area (Å²) >= 11 is 5.96. The van der Waals surface area contributed by atoms with Gasteiger partial charge in [0.15, 0.2) is 0 Å². The SMILES string of the molecule is C/C(=N/Nc1cc(C(=O)O)ccc1Cl)c1ccccc1F. The number of aromatic carboxylic acids is 1. The Morgan fingerprint density at radius 1 is 1.29 bits per heavy atom. The van der Waals surface area contributed by atoms with Crippen LogP contribution in [0.25, 0.3) is 0 Å². The molecular formula is C15H12ClFN2O2. The first-order valence-electron chi connectivity index (χ1n) is 6.07. The van der Waals surface area contributed by atoms with E-state index in [0.717, 1.165) is 0 Å². The van der Waals surface area contributed by atoms with Crippen LogP contribution < -0.4 is 5.43 Å². The maximum Gasteiger partial charge on any atom is 0.335 e. The molecule has 0 fully saturated rings. The molecule has 0 aromatic heterocycles. The van der Waals surface area contributed by atoms with E-state index in [1.54, 1.807) is 25.1 Å². The van der Waals surface area contributed by atoms with Crippen LogP contribution in [0, 0.1) is 5.82 Å². The molecule has 2 aromatic rings. The van der Waals surface area contributed by atoms with Crippen molar-refractivity contribution in [2.75, 3.05) is 5.43 Å². The highest BCUT2D eigenvalue weighted by atomic mass is 35.5. The molecule has 21 heavy (non-hydrogen) atoms. The number of rotatable bonds is 4. The molecule has 0 bridgehead atoms. The predicted molar refractivity (Wildman–Crippen MR) is 80.6 cm³/mol. The highest BCUT2D eigenvalue weighted by molar-refractivity contribution is 6.33. The Bertz CT molecular complexity index is 717. The van der Waals surface area contributed by atoms with Gasteiger partial charge in [-0.1, -0.05) is 29.8 Å². The fourth-order valence-electron chi connectivity index (χ4n) is 1.70. The standard InChI is InChI=1S/C15H12ClFN2O2/c1-9(11-4-2-3-5-13(11)17)18-19-14-8-10(15(20)21)6-7-12(14)16/h2-8,19H,1H3,(H,20,21)/b18-9-. The molecule has 0 heterocycles. The largest absolute Gasteiger partial charge is 0.478 e. The smallest absolute Gasteiger partial charge is 0.335 e. The van der Waals surface area contributed by atoms with Crippen molar-refractivity contribution in [2.45, 2.75) is 6.92 Å². The minimum absolute atomic E-state index is 0.0839. The summed E-state index contributed by atoms with van der Waals surface area (Å²) in [5.74, 6) is -1.45. The van der Waals surface area contributed by atoms with E-state index in [1.165, 1.54) is 24.3 Å². The molecule has 6 heteroatoms. The average molecular weight is 307 g/mol. The Hall–Kier alpha value is -2.40. The number of hydrogen-bond acceptors (Lipinski definition) is 3. The van der Waals surface area contributed by atoms with Crippen LogP contribution in [0.2, 0.25) is 5.02 Å². The highest BCUT2D eigenvalue weighted by Crippen LogP contribution is 2.23. The molecule has 0 atom stereocenters. The second kappa shape index (κ2) is 6.37. The lowest BCUT2D eigenvalue weighted by atomic mass is 10.1. The number of hydrogen-bond donors (Lipinski definition) is 2. The minimum Gasteiger partial charge on any atom is -0.478 e. The number of anilines is 1. The Balaban J connectivity index is 2.26. The topological polar surface area (TPSA) is 61.7 Å². The number of halogens is 2. The fraction of sp³-hybridized carbons (Fsp3) is 0.0667. The summed E-state index contributed by atoms with van der Waals surface area (Å²) < 4.78 is 13.6. The van der Waals surface area contributed by atoms with Gasteiger partial charge in [-0.25, -0.2) is 9.18 Å². The van der Waals surface area contributed by atoms with E-state index in [9.17, 15) is 9.18 Å². The Labute approximate surface area is 125 Å². The van der Waals surface area contributed by atoms with Gasteiger partial charge in [0, 0.05) is 5.56 Å². The van der Waals surface area contributed by atoms with E-state index < -0.39 is 5.97 Å². The van der Waals surface area contributed by atoms with Crippen molar-refractivity contribution in [3.8, 4) is 0 Å². The molecule has 0 amide bonds. The first-order chi connectivity index (χ1) is 9.99. The van der Waals surface area contributed by atoms with Gasteiger partial charge in [-0.05, 0) is 31.2 Å². The third-order valence-corrected chi connectivity index (χ3v) is 3.15. The van der Waals surface area contributed by atoms with Crippen molar-refractivity contribution in [3.63, 3.8) is 0 Å². The minimum atomic E-state index is -1.07. The van der Waals surface area contributed by atoms with E-state index in [0.29, 0.717) is 22.0 Å².